The summed E-state index contributed by atoms with van der Waals surface area (Å²) in [6.45, 7) is 0.336. The summed E-state index contributed by atoms with van der Waals surface area (Å²) in [5.74, 6) is 1.95. The number of hydrogen-bond donors (Lipinski definition) is 1. The fourth-order valence-electron chi connectivity index (χ4n) is 1.44. The van der Waals surface area contributed by atoms with Gasteiger partial charge in [-0.2, -0.15) is 4.98 Å². The molecule has 3 aromatic heterocycles. The van der Waals surface area contributed by atoms with Crippen LogP contribution in [0.15, 0.2) is 44.1 Å². The number of furan rings is 2. The summed E-state index contributed by atoms with van der Waals surface area (Å²) in [4.78, 5) is 4.20. The molecule has 86 valence electrons. The molecule has 3 aromatic rings. The van der Waals surface area contributed by atoms with Crippen LogP contribution < -0.4 is 5.73 Å². The molecular weight excluding hydrogens is 222 g/mol. The van der Waals surface area contributed by atoms with Crippen molar-refractivity contribution >= 4 is 0 Å². The van der Waals surface area contributed by atoms with Crippen molar-refractivity contribution in [2.45, 2.75) is 6.54 Å². The molecule has 0 amide bonds. The molecule has 0 unspecified atom stereocenters. The molecule has 0 saturated heterocycles. The first-order valence-corrected chi connectivity index (χ1v) is 5.02. The highest BCUT2D eigenvalue weighted by atomic mass is 16.5. The van der Waals surface area contributed by atoms with Gasteiger partial charge in [-0.05, 0) is 18.2 Å². The summed E-state index contributed by atoms with van der Waals surface area (Å²) >= 11 is 0. The Morgan fingerprint density at radius 1 is 1.24 bits per heavy atom. The van der Waals surface area contributed by atoms with Gasteiger partial charge in [0, 0.05) is 0 Å². The smallest absolute Gasteiger partial charge is 0.293 e. The van der Waals surface area contributed by atoms with Gasteiger partial charge in [0.25, 0.3) is 5.89 Å². The maximum atomic E-state index is 5.45. The molecule has 0 spiro atoms. The molecule has 3 heterocycles. The quantitative estimate of drug-likeness (QED) is 0.741. The number of hydrogen-bond acceptors (Lipinski definition) is 6. The van der Waals surface area contributed by atoms with E-state index in [0.29, 0.717) is 29.8 Å². The fourth-order valence-corrected chi connectivity index (χ4v) is 1.44. The minimum Gasteiger partial charge on any atom is -0.472 e. The summed E-state index contributed by atoms with van der Waals surface area (Å²) in [6.07, 6.45) is 3.09. The predicted molar refractivity (Wildman–Crippen MR) is 57.6 cm³/mol. The van der Waals surface area contributed by atoms with Crippen molar-refractivity contribution in [3.05, 3.63) is 36.5 Å². The summed E-state index contributed by atoms with van der Waals surface area (Å²) in [7, 11) is 0. The van der Waals surface area contributed by atoms with E-state index in [0.717, 1.165) is 5.56 Å². The fraction of sp³-hybridized carbons (Fsp3) is 0.0909. The monoisotopic (exact) mass is 231 g/mol. The van der Waals surface area contributed by atoms with E-state index in [9.17, 15) is 0 Å². The van der Waals surface area contributed by atoms with E-state index in [2.05, 4.69) is 10.1 Å². The zero-order chi connectivity index (χ0) is 11.7. The normalized spacial score (nSPS) is 10.9. The molecule has 0 aliphatic carbocycles. The Morgan fingerprint density at radius 2 is 2.18 bits per heavy atom. The van der Waals surface area contributed by atoms with Crippen LogP contribution in [0.25, 0.3) is 23.0 Å². The Labute approximate surface area is 96.0 Å². The molecule has 17 heavy (non-hydrogen) atoms. The second kappa shape index (κ2) is 3.91. The standard InChI is InChI=1S/C11H9N3O3/c12-5-8-1-2-9(16-8)11-13-10(14-17-11)7-3-4-15-6-7/h1-4,6H,5,12H2. The molecule has 0 radical (unpaired) electrons. The molecule has 6 heteroatoms. The lowest BCUT2D eigenvalue weighted by Gasteiger charge is -1.87. The van der Waals surface area contributed by atoms with Crippen LogP contribution in [-0.2, 0) is 6.54 Å². The Kier molecular flexibility index (Phi) is 2.27. The number of aromatic nitrogens is 2. The average molecular weight is 231 g/mol. The van der Waals surface area contributed by atoms with Gasteiger partial charge in [-0.15, -0.1) is 0 Å². The second-order valence-electron chi connectivity index (χ2n) is 3.41. The van der Waals surface area contributed by atoms with Gasteiger partial charge < -0.3 is 19.1 Å². The van der Waals surface area contributed by atoms with Gasteiger partial charge in [0.1, 0.15) is 12.0 Å². The lowest BCUT2D eigenvalue weighted by molar-refractivity contribution is 0.412. The molecule has 0 aromatic carbocycles. The zero-order valence-corrected chi connectivity index (χ0v) is 8.79. The first kappa shape index (κ1) is 9.86. The largest absolute Gasteiger partial charge is 0.472 e. The lowest BCUT2D eigenvalue weighted by atomic mass is 10.3. The second-order valence-corrected chi connectivity index (χ2v) is 3.41. The third kappa shape index (κ3) is 1.74. The maximum Gasteiger partial charge on any atom is 0.293 e. The van der Waals surface area contributed by atoms with Crippen molar-refractivity contribution in [1.82, 2.24) is 10.1 Å². The molecule has 0 aliphatic rings. The third-order valence-corrected chi connectivity index (χ3v) is 2.28. The first-order chi connectivity index (χ1) is 8.36. The first-order valence-electron chi connectivity index (χ1n) is 5.02. The Hall–Kier alpha value is -2.34. The molecule has 0 saturated carbocycles. The molecule has 0 bridgehead atoms. The van der Waals surface area contributed by atoms with Crippen LogP contribution in [0.2, 0.25) is 0 Å². The number of nitrogens with zero attached hydrogens (tertiary/aromatic N) is 2. The van der Waals surface area contributed by atoms with Crippen LogP contribution in [-0.4, -0.2) is 10.1 Å². The minimum atomic E-state index is 0.320. The average Bonchev–Trinajstić information content (AvgIpc) is 3.09. The molecule has 6 nitrogen and oxygen atoms in total. The van der Waals surface area contributed by atoms with Crippen LogP contribution in [0.3, 0.4) is 0 Å². The predicted octanol–water partition coefficient (Wildman–Crippen LogP) is 2.05. The van der Waals surface area contributed by atoms with Crippen LogP contribution in [0.5, 0.6) is 0 Å². The summed E-state index contributed by atoms with van der Waals surface area (Å²) in [5.41, 5.74) is 6.21. The van der Waals surface area contributed by atoms with Gasteiger partial charge in [-0.25, -0.2) is 0 Å². The topological polar surface area (TPSA) is 91.2 Å². The van der Waals surface area contributed by atoms with E-state index >= 15 is 0 Å². The molecular formula is C11H9N3O3. The van der Waals surface area contributed by atoms with E-state index in [1.807, 2.05) is 0 Å². The van der Waals surface area contributed by atoms with Crippen molar-refractivity contribution in [3.8, 4) is 23.0 Å². The SMILES string of the molecule is NCc1ccc(-c2nc(-c3ccoc3)no2)o1. The number of nitrogens with two attached hydrogens (primary N) is 1. The highest BCUT2D eigenvalue weighted by molar-refractivity contribution is 5.55. The van der Waals surface area contributed by atoms with Crippen molar-refractivity contribution in [2.24, 2.45) is 5.73 Å². The van der Waals surface area contributed by atoms with E-state index in [1.54, 1.807) is 30.7 Å². The Balaban J connectivity index is 1.94. The lowest BCUT2D eigenvalue weighted by Crippen LogP contribution is -1.92. The number of rotatable bonds is 3. The Bertz CT molecular complexity index is 609. The molecule has 0 aliphatic heterocycles. The summed E-state index contributed by atoms with van der Waals surface area (Å²) < 4.78 is 15.4. The van der Waals surface area contributed by atoms with Crippen molar-refractivity contribution in [1.29, 1.82) is 0 Å². The van der Waals surface area contributed by atoms with Crippen molar-refractivity contribution in [2.75, 3.05) is 0 Å². The molecule has 3 rings (SSSR count). The van der Waals surface area contributed by atoms with Gasteiger partial charge >= 0.3 is 0 Å². The summed E-state index contributed by atoms with van der Waals surface area (Å²) in [5, 5.41) is 3.83. The molecule has 2 N–H and O–H groups in total. The highest BCUT2D eigenvalue weighted by Gasteiger charge is 2.14. The van der Waals surface area contributed by atoms with Gasteiger partial charge in [-0.3, -0.25) is 0 Å². The molecule has 0 atom stereocenters. The Morgan fingerprint density at radius 3 is 2.88 bits per heavy atom. The van der Waals surface area contributed by atoms with Crippen LogP contribution >= 0.6 is 0 Å². The van der Waals surface area contributed by atoms with Gasteiger partial charge in [-0.1, -0.05) is 5.16 Å². The van der Waals surface area contributed by atoms with Gasteiger partial charge in [0.2, 0.25) is 5.82 Å². The maximum absolute atomic E-state index is 5.45. The highest BCUT2D eigenvalue weighted by Crippen LogP contribution is 2.23. The minimum absolute atomic E-state index is 0.320. The van der Waals surface area contributed by atoms with E-state index in [1.165, 1.54) is 0 Å². The van der Waals surface area contributed by atoms with Crippen molar-refractivity contribution < 1.29 is 13.4 Å². The van der Waals surface area contributed by atoms with Crippen molar-refractivity contribution in [3.63, 3.8) is 0 Å². The van der Waals surface area contributed by atoms with Crippen LogP contribution in [0.1, 0.15) is 5.76 Å². The van der Waals surface area contributed by atoms with E-state index in [4.69, 9.17) is 19.1 Å². The van der Waals surface area contributed by atoms with Crippen LogP contribution in [0, 0.1) is 0 Å². The van der Waals surface area contributed by atoms with Gasteiger partial charge in [0.05, 0.1) is 18.4 Å². The zero-order valence-electron chi connectivity index (χ0n) is 8.79. The van der Waals surface area contributed by atoms with E-state index < -0.39 is 0 Å². The summed E-state index contributed by atoms with van der Waals surface area (Å²) in [6, 6.07) is 5.27. The van der Waals surface area contributed by atoms with E-state index in [-0.39, 0.29) is 0 Å². The van der Waals surface area contributed by atoms with Gasteiger partial charge in [0.15, 0.2) is 5.76 Å². The van der Waals surface area contributed by atoms with Crippen LogP contribution in [0.4, 0.5) is 0 Å². The third-order valence-electron chi connectivity index (χ3n) is 2.28. The molecule has 0 fully saturated rings.